The number of nitrogens with two attached hydrogens (primary N) is 1. The van der Waals surface area contributed by atoms with Crippen molar-refractivity contribution in [3.05, 3.63) is 29.6 Å². The van der Waals surface area contributed by atoms with Gasteiger partial charge in [0, 0.05) is 25.8 Å². The largest absolute Gasteiger partial charge is 0.337 e. The number of hydrogen-bond acceptors (Lipinski definition) is 3. The molecule has 1 saturated carbocycles. The van der Waals surface area contributed by atoms with Gasteiger partial charge < -0.3 is 10.6 Å². The van der Waals surface area contributed by atoms with Crippen LogP contribution in [0.15, 0.2) is 18.3 Å². The van der Waals surface area contributed by atoms with Crippen molar-refractivity contribution in [3.8, 4) is 0 Å². The Labute approximate surface area is 102 Å². The summed E-state index contributed by atoms with van der Waals surface area (Å²) in [7, 11) is 1.87. The number of amides is 1. The lowest BCUT2D eigenvalue weighted by Crippen LogP contribution is -2.35. The zero-order valence-corrected chi connectivity index (χ0v) is 10.2. The molecule has 0 unspecified atom stereocenters. The Bertz CT molecular complexity index is 382. The first-order valence-corrected chi connectivity index (χ1v) is 6.14. The van der Waals surface area contributed by atoms with Crippen LogP contribution in [-0.2, 0) is 6.54 Å². The van der Waals surface area contributed by atoms with Gasteiger partial charge in [-0.05, 0) is 24.5 Å². The molecular formula is C13H19N3O. The van der Waals surface area contributed by atoms with Crippen LogP contribution in [0, 0.1) is 0 Å². The summed E-state index contributed by atoms with van der Waals surface area (Å²) >= 11 is 0. The van der Waals surface area contributed by atoms with Crippen molar-refractivity contribution in [2.24, 2.45) is 5.73 Å². The lowest BCUT2D eigenvalue weighted by molar-refractivity contribution is 0.0729. The van der Waals surface area contributed by atoms with Gasteiger partial charge in [-0.1, -0.05) is 18.9 Å². The molecular weight excluding hydrogens is 214 g/mol. The number of rotatable bonds is 3. The summed E-state index contributed by atoms with van der Waals surface area (Å²) in [4.78, 5) is 18.2. The van der Waals surface area contributed by atoms with Crippen LogP contribution >= 0.6 is 0 Å². The lowest BCUT2D eigenvalue weighted by atomic mass is 10.2. The van der Waals surface area contributed by atoms with Gasteiger partial charge >= 0.3 is 0 Å². The molecule has 2 rings (SSSR count). The highest BCUT2D eigenvalue weighted by Gasteiger charge is 2.24. The lowest BCUT2D eigenvalue weighted by Gasteiger charge is -2.23. The predicted molar refractivity (Wildman–Crippen MR) is 66.5 cm³/mol. The topological polar surface area (TPSA) is 59.2 Å². The molecule has 0 aliphatic heterocycles. The van der Waals surface area contributed by atoms with E-state index in [0.29, 0.717) is 18.3 Å². The van der Waals surface area contributed by atoms with Crippen LogP contribution < -0.4 is 5.73 Å². The summed E-state index contributed by atoms with van der Waals surface area (Å²) in [6.07, 6.45) is 6.35. The molecule has 1 aromatic rings. The van der Waals surface area contributed by atoms with Crippen LogP contribution in [0.1, 0.15) is 41.7 Å². The van der Waals surface area contributed by atoms with Gasteiger partial charge in [0.25, 0.3) is 5.91 Å². The van der Waals surface area contributed by atoms with Gasteiger partial charge in [0.05, 0.1) is 0 Å². The minimum Gasteiger partial charge on any atom is -0.337 e. The first kappa shape index (κ1) is 12.0. The fourth-order valence-electron chi connectivity index (χ4n) is 2.31. The summed E-state index contributed by atoms with van der Waals surface area (Å²) in [6.45, 7) is 0.458. The molecule has 1 aliphatic rings. The van der Waals surface area contributed by atoms with Crippen LogP contribution in [0.5, 0.6) is 0 Å². The van der Waals surface area contributed by atoms with Gasteiger partial charge in [-0.3, -0.25) is 9.78 Å². The Morgan fingerprint density at radius 1 is 1.47 bits per heavy atom. The second-order valence-electron chi connectivity index (χ2n) is 4.61. The molecule has 4 heteroatoms. The van der Waals surface area contributed by atoms with E-state index in [4.69, 9.17) is 5.73 Å². The minimum absolute atomic E-state index is 0.0143. The Morgan fingerprint density at radius 3 is 2.71 bits per heavy atom. The molecule has 0 bridgehead atoms. The second kappa shape index (κ2) is 5.27. The third-order valence-electron chi connectivity index (χ3n) is 3.47. The maximum Gasteiger partial charge on any atom is 0.272 e. The number of aromatic nitrogens is 1. The Balaban J connectivity index is 2.07. The number of hydrogen-bond donors (Lipinski definition) is 1. The fourth-order valence-corrected chi connectivity index (χ4v) is 2.31. The van der Waals surface area contributed by atoms with Crippen molar-refractivity contribution >= 4 is 5.91 Å². The summed E-state index contributed by atoms with van der Waals surface area (Å²) in [6, 6.07) is 4.01. The summed E-state index contributed by atoms with van der Waals surface area (Å²) in [5.41, 5.74) is 6.96. The first-order valence-electron chi connectivity index (χ1n) is 6.14. The van der Waals surface area contributed by atoms with Crippen molar-refractivity contribution in [1.29, 1.82) is 0 Å². The van der Waals surface area contributed by atoms with E-state index in [1.165, 1.54) is 12.8 Å². The normalized spacial score (nSPS) is 16.1. The molecule has 92 valence electrons. The van der Waals surface area contributed by atoms with Crippen LogP contribution in [-0.4, -0.2) is 28.9 Å². The molecule has 1 aromatic heterocycles. The molecule has 17 heavy (non-hydrogen) atoms. The van der Waals surface area contributed by atoms with Gasteiger partial charge in [-0.2, -0.15) is 0 Å². The molecule has 0 atom stereocenters. The molecule has 1 aliphatic carbocycles. The van der Waals surface area contributed by atoms with E-state index in [1.807, 2.05) is 18.0 Å². The van der Waals surface area contributed by atoms with E-state index in [1.54, 1.807) is 12.3 Å². The highest BCUT2D eigenvalue weighted by molar-refractivity contribution is 5.92. The van der Waals surface area contributed by atoms with Gasteiger partial charge in [0.2, 0.25) is 0 Å². The maximum atomic E-state index is 12.2. The van der Waals surface area contributed by atoms with Crippen molar-refractivity contribution < 1.29 is 4.79 Å². The number of carbonyl (C=O) groups excluding carboxylic acids is 1. The molecule has 0 aromatic carbocycles. The molecule has 0 saturated heterocycles. The molecule has 1 amide bonds. The summed E-state index contributed by atoms with van der Waals surface area (Å²) < 4.78 is 0. The molecule has 0 radical (unpaired) electrons. The molecule has 1 fully saturated rings. The molecule has 1 heterocycles. The third kappa shape index (κ3) is 2.64. The average Bonchev–Trinajstić information content (AvgIpc) is 2.91. The van der Waals surface area contributed by atoms with Gasteiger partial charge in [0.15, 0.2) is 0 Å². The fraction of sp³-hybridized carbons (Fsp3) is 0.538. The number of pyridine rings is 1. The van der Waals surface area contributed by atoms with Crippen molar-refractivity contribution in [2.45, 2.75) is 38.3 Å². The zero-order chi connectivity index (χ0) is 12.3. The van der Waals surface area contributed by atoms with Crippen LogP contribution in [0.3, 0.4) is 0 Å². The molecule has 2 N–H and O–H groups in total. The number of carbonyl (C=O) groups is 1. The smallest absolute Gasteiger partial charge is 0.272 e. The van der Waals surface area contributed by atoms with Crippen molar-refractivity contribution in [3.63, 3.8) is 0 Å². The monoisotopic (exact) mass is 233 g/mol. The zero-order valence-electron chi connectivity index (χ0n) is 10.2. The van der Waals surface area contributed by atoms with E-state index >= 15 is 0 Å². The minimum atomic E-state index is 0.0143. The van der Waals surface area contributed by atoms with E-state index < -0.39 is 0 Å². The molecule has 4 nitrogen and oxygen atoms in total. The highest BCUT2D eigenvalue weighted by atomic mass is 16.2. The predicted octanol–water partition coefficient (Wildman–Crippen LogP) is 1.55. The Morgan fingerprint density at radius 2 is 2.18 bits per heavy atom. The second-order valence-corrected chi connectivity index (χ2v) is 4.61. The van der Waals surface area contributed by atoms with Crippen LogP contribution in [0.4, 0.5) is 0 Å². The van der Waals surface area contributed by atoms with Gasteiger partial charge in [-0.25, -0.2) is 0 Å². The third-order valence-corrected chi connectivity index (χ3v) is 3.47. The number of nitrogens with zero attached hydrogens (tertiary/aromatic N) is 2. The van der Waals surface area contributed by atoms with E-state index in [2.05, 4.69) is 4.98 Å². The summed E-state index contributed by atoms with van der Waals surface area (Å²) in [5, 5.41) is 0. The quantitative estimate of drug-likeness (QED) is 0.861. The van der Waals surface area contributed by atoms with E-state index in [-0.39, 0.29) is 5.91 Å². The highest BCUT2D eigenvalue weighted by Crippen LogP contribution is 2.23. The van der Waals surface area contributed by atoms with E-state index in [9.17, 15) is 4.79 Å². The van der Waals surface area contributed by atoms with Crippen LogP contribution in [0.2, 0.25) is 0 Å². The maximum absolute atomic E-state index is 12.2. The van der Waals surface area contributed by atoms with Gasteiger partial charge in [0.1, 0.15) is 5.69 Å². The molecule has 0 spiro atoms. The Hall–Kier alpha value is -1.42. The summed E-state index contributed by atoms with van der Waals surface area (Å²) in [5.74, 6) is 0.0143. The average molecular weight is 233 g/mol. The Kier molecular flexibility index (Phi) is 3.74. The van der Waals surface area contributed by atoms with Crippen molar-refractivity contribution in [1.82, 2.24) is 9.88 Å². The first-order chi connectivity index (χ1) is 8.22. The van der Waals surface area contributed by atoms with Crippen LogP contribution in [0.25, 0.3) is 0 Å². The standard InChI is InChI=1S/C13H19N3O/c1-16(11-4-2-3-5-11)13(17)12-7-6-10(8-14)9-15-12/h6-7,9,11H,2-5,8,14H2,1H3. The SMILES string of the molecule is CN(C(=O)c1ccc(CN)cn1)C1CCCC1. The van der Waals surface area contributed by atoms with Crippen molar-refractivity contribution in [2.75, 3.05) is 7.05 Å². The van der Waals surface area contributed by atoms with Gasteiger partial charge in [-0.15, -0.1) is 0 Å². The van der Waals surface area contributed by atoms with E-state index in [0.717, 1.165) is 18.4 Å².